The Morgan fingerprint density at radius 2 is 2.15 bits per heavy atom. The van der Waals surface area contributed by atoms with Crippen molar-refractivity contribution >= 4 is 21.8 Å². The van der Waals surface area contributed by atoms with Gasteiger partial charge in [0.15, 0.2) is 11.5 Å². The molecule has 1 amide bonds. The van der Waals surface area contributed by atoms with Crippen LogP contribution in [0, 0.1) is 5.92 Å². The van der Waals surface area contributed by atoms with Crippen LogP contribution in [0.2, 0.25) is 0 Å². The van der Waals surface area contributed by atoms with Crippen LogP contribution in [0.5, 0.6) is 11.5 Å². The highest BCUT2D eigenvalue weighted by atomic mass is 79.9. The van der Waals surface area contributed by atoms with Crippen molar-refractivity contribution in [3.8, 4) is 11.5 Å². The van der Waals surface area contributed by atoms with E-state index in [2.05, 4.69) is 26.6 Å². The predicted molar refractivity (Wildman–Crippen MR) is 77.7 cm³/mol. The Balaban J connectivity index is 1.42. The lowest BCUT2D eigenvalue weighted by Gasteiger charge is -2.08. The predicted octanol–water partition coefficient (Wildman–Crippen LogP) is 1.79. The second kappa shape index (κ2) is 6.01. The Hall–Kier alpha value is -1.27. The summed E-state index contributed by atoms with van der Waals surface area (Å²) in [6.45, 7) is 2.43. The van der Waals surface area contributed by atoms with Crippen LogP contribution in [-0.2, 0) is 11.3 Å². The number of ether oxygens (including phenoxy) is 2. The lowest BCUT2D eigenvalue weighted by molar-refractivity contribution is -0.122. The Morgan fingerprint density at radius 3 is 2.95 bits per heavy atom. The molecule has 6 heteroatoms. The number of carbonyl (C=O) groups is 1. The molecule has 0 aromatic heterocycles. The third-order valence-electron chi connectivity index (χ3n) is 3.37. The Labute approximate surface area is 126 Å². The van der Waals surface area contributed by atoms with Crippen LogP contribution in [0.25, 0.3) is 0 Å². The van der Waals surface area contributed by atoms with Crippen molar-refractivity contribution < 1.29 is 14.3 Å². The molecule has 20 heavy (non-hydrogen) atoms. The average Bonchev–Trinajstić information content (AvgIpc) is 3.17. The van der Waals surface area contributed by atoms with Gasteiger partial charge in [-0.05, 0) is 46.5 Å². The van der Waals surface area contributed by atoms with Crippen LogP contribution >= 0.6 is 15.9 Å². The molecule has 1 aromatic carbocycles. The molecule has 0 spiro atoms. The zero-order valence-corrected chi connectivity index (χ0v) is 12.7. The summed E-state index contributed by atoms with van der Waals surface area (Å²) in [5, 5.41) is 6.23. The van der Waals surface area contributed by atoms with E-state index in [-0.39, 0.29) is 18.6 Å². The minimum Gasteiger partial charge on any atom is -0.454 e. The van der Waals surface area contributed by atoms with Crippen molar-refractivity contribution in [1.29, 1.82) is 0 Å². The van der Waals surface area contributed by atoms with Crippen LogP contribution in [0.15, 0.2) is 16.6 Å². The lowest BCUT2D eigenvalue weighted by Crippen LogP contribution is -2.32. The summed E-state index contributed by atoms with van der Waals surface area (Å²) in [5.74, 6) is 2.01. The van der Waals surface area contributed by atoms with E-state index < -0.39 is 0 Å². The molecule has 0 atom stereocenters. The van der Waals surface area contributed by atoms with E-state index in [0.717, 1.165) is 47.5 Å². The zero-order valence-electron chi connectivity index (χ0n) is 11.1. The minimum absolute atomic E-state index is 0.192. The van der Waals surface area contributed by atoms with Gasteiger partial charge in [0.05, 0.1) is 4.47 Å². The number of rotatable bonds is 6. The molecule has 3 rings (SSSR count). The molecule has 0 saturated heterocycles. The molecule has 2 aliphatic rings. The first kappa shape index (κ1) is 13.7. The van der Waals surface area contributed by atoms with E-state index in [9.17, 15) is 4.79 Å². The average molecular weight is 341 g/mol. The SMILES string of the molecule is O=C(NCCNCc1cc(Br)c2c(c1)OCO2)C1CC1. The van der Waals surface area contributed by atoms with Gasteiger partial charge in [-0.15, -0.1) is 0 Å². The Kier molecular flexibility index (Phi) is 4.12. The molecule has 1 aromatic rings. The molecule has 1 fully saturated rings. The number of halogens is 1. The maximum absolute atomic E-state index is 11.4. The van der Waals surface area contributed by atoms with Crippen molar-refractivity contribution in [3.05, 3.63) is 22.2 Å². The normalized spacial score (nSPS) is 16.2. The van der Waals surface area contributed by atoms with Gasteiger partial charge < -0.3 is 20.1 Å². The van der Waals surface area contributed by atoms with Crippen LogP contribution in [-0.4, -0.2) is 25.8 Å². The smallest absolute Gasteiger partial charge is 0.231 e. The molecular formula is C14H17BrN2O3. The number of amides is 1. The van der Waals surface area contributed by atoms with E-state index >= 15 is 0 Å². The van der Waals surface area contributed by atoms with Crippen LogP contribution < -0.4 is 20.1 Å². The highest BCUT2D eigenvalue weighted by Gasteiger charge is 2.28. The molecule has 0 unspecified atom stereocenters. The van der Waals surface area contributed by atoms with Gasteiger partial charge in [-0.1, -0.05) is 0 Å². The number of carbonyl (C=O) groups excluding carboxylic acids is 1. The topological polar surface area (TPSA) is 59.6 Å². The van der Waals surface area contributed by atoms with Crippen molar-refractivity contribution in [2.75, 3.05) is 19.9 Å². The van der Waals surface area contributed by atoms with Gasteiger partial charge in [0.1, 0.15) is 0 Å². The van der Waals surface area contributed by atoms with E-state index in [1.165, 1.54) is 0 Å². The van der Waals surface area contributed by atoms with Crippen molar-refractivity contribution in [2.45, 2.75) is 19.4 Å². The first-order valence-corrected chi connectivity index (χ1v) is 7.60. The van der Waals surface area contributed by atoms with Crippen molar-refractivity contribution in [1.82, 2.24) is 10.6 Å². The molecular weight excluding hydrogens is 324 g/mol. The van der Waals surface area contributed by atoms with Crippen LogP contribution in [0.1, 0.15) is 18.4 Å². The molecule has 1 aliphatic heterocycles. The van der Waals surface area contributed by atoms with Gasteiger partial charge in [-0.25, -0.2) is 0 Å². The van der Waals surface area contributed by atoms with E-state index in [4.69, 9.17) is 9.47 Å². The molecule has 1 saturated carbocycles. The van der Waals surface area contributed by atoms with Gasteiger partial charge in [0.2, 0.25) is 12.7 Å². The van der Waals surface area contributed by atoms with Crippen molar-refractivity contribution in [2.24, 2.45) is 5.92 Å². The zero-order chi connectivity index (χ0) is 13.9. The second-order valence-corrected chi connectivity index (χ2v) is 5.91. The quantitative estimate of drug-likeness (QED) is 0.775. The van der Waals surface area contributed by atoms with E-state index in [1.807, 2.05) is 12.1 Å². The summed E-state index contributed by atoms with van der Waals surface area (Å²) < 4.78 is 11.6. The summed E-state index contributed by atoms with van der Waals surface area (Å²) in [5.41, 5.74) is 1.12. The fourth-order valence-corrected chi connectivity index (χ4v) is 2.72. The number of benzene rings is 1. The molecule has 108 valence electrons. The monoisotopic (exact) mass is 340 g/mol. The Morgan fingerprint density at radius 1 is 1.30 bits per heavy atom. The van der Waals surface area contributed by atoms with E-state index in [1.54, 1.807) is 0 Å². The minimum atomic E-state index is 0.192. The van der Waals surface area contributed by atoms with Crippen LogP contribution in [0.3, 0.4) is 0 Å². The molecule has 5 nitrogen and oxygen atoms in total. The standard InChI is InChI=1S/C14H17BrN2O3/c15-11-5-9(6-12-13(11)20-8-19-12)7-16-3-4-17-14(18)10-1-2-10/h5-6,10,16H,1-4,7-8H2,(H,17,18). The Bertz CT molecular complexity index is 517. The summed E-state index contributed by atoms with van der Waals surface area (Å²) in [6, 6.07) is 3.99. The third-order valence-corrected chi connectivity index (χ3v) is 3.95. The number of nitrogens with one attached hydrogen (secondary N) is 2. The number of hydrogen-bond acceptors (Lipinski definition) is 4. The molecule has 2 N–H and O–H groups in total. The number of fused-ring (bicyclic) bond motifs is 1. The molecule has 1 heterocycles. The molecule has 1 aliphatic carbocycles. The van der Waals surface area contributed by atoms with Crippen LogP contribution in [0.4, 0.5) is 0 Å². The highest BCUT2D eigenvalue weighted by Crippen LogP contribution is 2.39. The first-order chi connectivity index (χ1) is 9.74. The fraction of sp³-hybridized carbons (Fsp3) is 0.500. The van der Waals surface area contributed by atoms with Gasteiger partial charge in [0.25, 0.3) is 0 Å². The fourth-order valence-electron chi connectivity index (χ4n) is 2.12. The lowest BCUT2D eigenvalue weighted by atomic mass is 10.2. The summed E-state index contributed by atoms with van der Waals surface area (Å²) in [6.07, 6.45) is 2.09. The van der Waals surface area contributed by atoms with Gasteiger partial charge in [-0.2, -0.15) is 0 Å². The summed E-state index contributed by atoms with van der Waals surface area (Å²) in [4.78, 5) is 11.4. The maximum Gasteiger partial charge on any atom is 0.231 e. The van der Waals surface area contributed by atoms with Gasteiger partial charge in [0, 0.05) is 25.6 Å². The van der Waals surface area contributed by atoms with Gasteiger partial charge in [-0.3, -0.25) is 4.79 Å². The third kappa shape index (κ3) is 3.24. The second-order valence-electron chi connectivity index (χ2n) is 5.05. The largest absolute Gasteiger partial charge is 0.454 e. The highest BCUT2D eigenvalue weighted by molar-refractivity contribution is 9.10. The van der Waals surface area contributed by atoms with E-state index in [0.29, 0.717) is 6.54 Å². The number of hydrogen-bond donors (Lipinski definition) is 2. The molecule has 0 bridgehead atoms. The van der Waals surface area contributed by atoms with Gasteiger partial charge >= 0.3 is 0 Å². The summed E-state index contributed by atoms with van der Waals surface area (Å²) in [7, 11) is 0. The first-order valence-electron chi connectivity index (χ1n) is 6.80. The molecule has 0 radical (unpaired) electrons. The summed E-state index contributed by atoms with van der Waals surface area (Å²) >= 11 is 3.47. The maximum atomic E-state index is 11.4. The van der Waals surface area contributed by atoms with Crippen molar-refractivity contribution in [3.63, 3.8) is 0 Å².